The predicted molar refractivity (Wildman–Crippen MR) is 61.0 cm³/mol. The summed E-state index contributed by atoms with van der Waals surface area (Å²) in [5.41, 5.74) is 0.0976. The minimum absolute atomic E-state index is 0.359. The van der Waals surface area contributed by atoms with Gasteiger partial charge >= 0.3 is 5.97 Å². The van der Waals surface area contributed by atoms with Crippen LogP contribution in [0.4, 0.5) is 4.39 Å². The number of para-hydroxylation sites is 1. The first-order chi connectivity index (χ1) is 7.91. The van der Waals surface area contributed by atoms with Crippen molar-refractivity contribution in [1.29, 1.82) is 0 Å². The topological polar surface area (TPSA) is 46.5 Å². The second-order valence-corrected chi connectivity index (χ2v) is 4.95. The van der Waals surface area contributed by atoms with E-state index in [0.717, 1.165) is 0 Å². The van der Waals surface area contributed by atoms with E-state index in [1.54, 1.807) is 24.3 Å². The van der Waals surface area contributed by atoms with Crippen LogP contribution in [0.3, 0.4) is 0 Å². The number of benzene rings is 1. The molecule has 2 unspecified atom stereocenters. The molecule has 1 aromatic rings. The second-order valence-electron chi connectivity index (χ2n) is 4.95. The molecule has 1 aliphatic heterocycles. The van der Waals surface area contributed by atoms with Crippen molar-refractivity contribution >= 4 is 5.97 Å². The van der Waals surface area contributed by atoms with Crippen molar-refractivity contribution in [2.45, 2.75) is 38.0 Å². The lowest BCUT2D eigenvalue weighted by molar-refractivity contribution is -0.144. The molecule has 2 rings (SSSR count). The molecular formula is C13H15FO3. The number of fused-ring (bicyclic) bond motifs is 1. The number of hydrogen-bond donors (Lipinski definition) is 1. The summed E-state index contributed by atoms with van der Waals surface area (Å²) in [6.07, 6.45) is -1.53. The van der Waals surface area contributed by atoms with Crippen molar-refractivity contribution in [2.24, 2.45) is 0 Å². The summed E-state index contributed by atoms with van der Waals surface area (Å²) in [4.78, 5) is 10.8. The van der Waals surface area contributed by atoms with E-state index in [-0.39, 0.29) is 0 Å². The molecule has 4 heteroatoms. The molecule has 17 heavy (non-hydrogen) atoms. The van der Waals surface area contributed by atoms with Crippen molar-refractivity contribution in [1.82, 2.24) is 0 Å². The highest BCUT2D eigenvalue weighted by atomic mass is 19.1. The average Bonchev–Trinajstić information content (AvgIpc) is 2.25. The van der Waals surface area contributed by atoms with Crippen molar-refractivity contribution < 1.29 is 19.0 Å². The molecule has 0 saturated heterocycles. The number of alkyl halides is 1. The monoisotopic (exact) mass is 238 g/mol. The van der Waals surface area contributed by atoms with Gasteiger partial charge in [-0.1, -0.05) is 18.2 Å². The van der Waals surface area contributed by atoms with Crippen LogP contribution in [0.5, 0.6) is 5.75 Å². The molecule has 2 atom stereocenters. The minimum Gasteiger partial charge on any atom is -0.488 e. The Morgan fingerprint density at radius 3 is 2.82 bits per heavy atom. The van der Waals surface area contributed by atoms with Gasteiger partial charge in [-0.2, -0.15) is 0 Å². The Kier molecular flexibility index (Phi) is 2.81. The first-order valence-electron chi connectivity index (χ1n) is 5.55. The van der Waals surface area contributed by atoms with Gasteiger partial charge in [-0.25, -0.2) is 9.18 Å². The van der Waals surface area contributed by atoms with Crippen LogP contribution in [0.25, 0.3) is 0 Å². The maximum Gasteiger partial charge on any atom is 0.338 e. The fraction of sp³-hybridized carbons (Fsp3) is 0.462. The number of rotatable bonds is 2. The molecule has 0 bridgehead atoms. The summed E-state index contributed by atoms with van der Waals surface area (Å²) in [6, 6.07) is 7.04. The third-order valence-corrected chi connectivity index (χ3v) is 3.01. The first kappa shape index (κ1) is 11.9. The lowest BCUT2D eigenvalue weighted by atomic mass is 9.81. The number of carboxylic acid groups (broad SMARTS) is 1. The van der Waals surface area contributed by atoms with Crippen LogP contribution < -0.4 is 4.74 Å². The molecule has 0 saturated carbocycles. The molecule has 1 aliphatic rings. The number of hydrogen-bond acceptors (Lipinski definition) is 2. The number of carbonyl (C=O) groups is 1. The molecular weight excluding hydrogens is 223 g/mol. The Morgan fingerprint density at radius 1 is 1.53 bits per heavy atom. The molecule has 1 heterocycles. The molecule has 0 radical (unpaired) electrons. The van der Waals surface area contributed by atoms with E-state index in [0.29, 0.717) is 17.7 Å². The minimum atomic E-state index is -1.89. The van der Waals surface area contributed by atoms with Crippen molar-refractivity contribution in [3.63, 3.8) is 0 Å². The summed E-state index contributed by atoms with van der Waals surface area (Å²) in [6.45, 7) is 3.68. The van der Waals surface area contributed by atoms with Crippen LogP contribution in [0, 0.1) is 0 Å². The zero-order valence-electron chi connectivity index (χ0n) is 9.81. The van der Waals surface area contributed by atoms with Crippen LogP contribution in [0.15, 0.2) is 24.3 Å². The van der Waals surface area contributed by atoms with Crippen molar-refractivity contribution in [2.75, 3.05) is 0 Å². The summed E-state index contributed by atoms with van der Waals surface area (Å²) in [5, 5.41) is 8.81. The number of carboxylic acids is 1. The zero-order valence-corrected chi connectivity index (χ0v) is 9.81. The lowest BCUT2D eigenvalue weighted by Gasteiger charge is -2.38. The standard InChI is InChI=1S/C13H15FO3/c1-13(2)7-9(11(14)12(15)16)8-5-3-4-6-10(8)17-13/h3-6,9,11H,7H2,1-2H3,(H,15,16). The maximum absolute atomic E-state index is 13.8. The fourth-order valence-corrected chi connectivity index (χ4v) is 2.29. The summed E-state index contributed by atoms with van der Waals surface area (Å²) in [7, 11) is 0. The molecule has 3 nitrogen and oxygen atoms in total. The highest BCUT2D eigenvalue weighted by Gasteiger charge is 2.40. The Hall–Kier alpha value is -1.58. The molecule has 0 fully saturated rings. The lowest BCUT2D eigenvalue weighted by Crippen LogP contribution is -2.39. The molecule has 0 amide bonds. The van der Waals surface area contributed by atoms with Crippen molar-refractivity contribution in [3.8, 4) is 5.75 Å². The Morgan fingerprint density at radius 2 is 2.18 bits per heavy atom. The first-order valence-corrected chi connectivity index (χ1v) is 5.55. The van der Waals surface area contributed by atoms with Crippen molar-refractivity contribution in [3.05, 3.63) is 29.8 Å². The van der Waals surface area contributed by atoms with Gasteiger partial charge in [0, 0.05) is 11.5 Å². The highest BCUT2D eigenvalue weighted by molar-refractivity contribution is 5.74. The van der Waals surface area contributed by atoms with Crippen LogP contribution in [0.1, 0.15) is 31.7 Å². The zero-order chi connectivity index (χ0) is 12.6. The molecule has 0 aromatic heterocycles. The van der Waals surface area contributed by atoms with E-state index in [1.165, 1.54) is 0 Å². The molecule has 1 aromatic carbocycles. The highest BCUT2D eigenvalue weighted by Crippen LogP contribution is 2.43. The van der Waals surface area contributed by atoms with E-state index in [4.69, 9.17) is 9.84 Å². The summed E-state index contributed by atoms with van der Waals surface area (Å²) >= 11 is 0. The van der Waals surface area contributed by atoms with Crippen LogP contribution >= 0.6 is 0 Å². The molecule has 92 valence electrons. The van der Waals surface area contributed by atoms with Crippen LogP contribution in [-0.2, 0) is 4.79 Å². The van der Waals surface area contributed by atoms with Gasteiger partial charge in [0.2, 0.25) is 6.17 Å². The van der Waals surface area contributed by atoms with Gasteiger partial charge in [-0.15, -0.1) is 0 Å². The molecule has 1 N–H and O–H groups in total. The van der Waals surface area contributed by atoms with E-state index < -0.39 is 23.7 Å². The van der Waals surface area contributed by atoms with E-state index in [1.807, 2.05) is 13.8 Å². The summed E-state index contributed by atoms with van der Waals surface area (Å²) < 4.78 is 19.5. The number of halogens is 1. The van der Waals surface area contributed by atoms with Crippen LogP contribution in [-0.4, -0.2) is 22.8 Å². The smallest absolute Gasteiger partial charge is 0.338 e. The SMILES string of the molecule is CC1(C)CC(C(F)C(=O)O)c2ccccc2O1. The van der Waals surface area contributed by atoms with E-state index in [9.17, 15) is 9.18 Å². The normalized spacial score (nSPS) is 23.4. The van der Waals surface area contributed by atoms with E-state index >= 15 is 0 Å². The van der Waals surface area contributed by atoms with Gasteiger partial charge in [0.1, 0.15) is 11.4 Å². The third kappa shape index (κ3) is 2.25. The Balaban J connectivity index is 2.43. The number of aliphatic carboxylic acids is 1. The van der Waals surface area contributed by atoms with Gasteiger partial charge < -0.3 is 9.84 Å². The van der Waals surface area contributed by atoms with Gasteiger partial charge in [-0.3, -0.25) is 0 Å². The second kappa shape index (κ2) is 4.02. The quantitative estimate of drug-likeness (QED) is 0.861. The summed E-state index contributed by atoms with van der Waals surface area (Å²) in [5.74, 6) is -1.48. The maximum atomic E-state index is 13.8. The number of ether oxygens (including phenoxy) is 1. The predicted octanol–water partition coefficient (Wildman–Crippen LogP) is 2.75. The largest absolute Gasteiger partial charge is 0.488 e. The van der Waals surface area contributed by atoms with Gasteiger partial charge in [0.25, 0.3) is 0 Å². The van der Waals surface area contributed by atoms with E-state index in [2.05, 4.69) is 0 Å². The third-order valence-electron chi connectivity index (χ3n) is 3.01. The Bertz CT molecular complexity index is 442. The molecule has 0 spiro atoms. The van der Waals surface area contributed by atoms with Gasteiger partial charge in [0.05, 0.1) is 0 Å². The van der Waals surface area contributed by atoms with Crippen LogP contribution in [0.2, 0.25) is 0 Å². The van der Waals surface area contributed by atoms with Gasteiger partial charge in [-0.05, 0) is 26.3 Å². The van der Waals surface area contributed by atoms with Gasteiger partial charge in [0.15, 0.2) is 0 Å². The molecule has 0 aliphatic carbocycles. The Labute approximate surface area is 99.2 Å². The average molecular weight is 238 g/mol. The fourth-order valence-electron chi connectivity index (χ4n) is 2.29.